The second-order valence-electron chi connectivity index (χ2n) is 7.51. The quantitative estimate of drug-likeness (QED) is 0.913. The third-order valence-corrected chi connectivity index (χ3v) is 5.09. The number of carbonyl (C=O) groups is 2. The number of aromatic nitrogens is 1. The van der Waals surface area contributed by atoms with E-state index >= 15 is 0 Å². The van der Waals surface area contributed by atoms with Crippen molar-refractivity contribution in [1.29, 1.82) is 0 Å². The fourth-order valence-corrected chi connectivity index (χ4v) is 3.74. The van der Waals surface area contributed by atoms with Crippen LogP contribution in [0.2, 0.25) is 0 Å². The van der Waals surface area contributed by atoms with E-state index in [4.69, 9.17) is 0 Å². The van der Waals surface area contributed by atoms with Crippen LogP contribution in [-0.4, -0.2) is 52.3 Å². The first-order chi connectivity index (χ1) is 12.3. The largest absolute Gasteiger partial charge is 0.356 e. The number of nitrogens with zero attached hydrogens (tertiary/aromatic N) is 2. The third-order valence-electron chi connectivity index (χ3n) is 5.09. The first-order valence-corrected chi connectivity index (χ1v) is 9.13. The molecule has 0 spiro atoms. The van der Waals surface area contributed by atoms with Gasteiger partial charge in [0, 0.05) is 30.7 Å². The standard InChI is InChI=1S/C20H26FN3O2/c1-12(2)11-23-8-9-24(14(4)20(23)26)18(25)10-16-13(3)22-19-15(16)6-5-7-17(19)21/h5-7,12,14,22H,8-11H2,1-4H3/t14-/m1/s1. The summed E-state index contributed by atoms with van der Waals surface area (Å²) < 4.78 is 14.0. The van der Waals surface area contributed by atoms with E-state index in [-0.39, 0.29) is 24.1 Å². The topological polar surface area (TPSA) is 56.4 Å². The van der Waals surface area contributed by atoms with Crippen molar-refractivity contribution in [3.63, 3.8) is 0 Å². The van der Waals surface area contributed by atoms with Gasteiger partial charge in [0.15, 0.2) is 0 Å². The molecule has 6 heteroatoms. The molecule has 0 radical (unpaired) electrons. The van der Waals surface area contributed by atoms with Gasteiger partial charge in [-0.25, -0.2) is 4.39 Å². The van der Waals surface area contributed by atoms with Crippen LogP contribution >= 0.6 is 0 Å². The van der Waals surface area contributed by atoms with E-state index < -0.39 is 6.04 Å². The second-order valence-corrected chi connectivity index (χ2v) is 7.51. The van der Waals surface area contributed by atoms with E-state index in [9.17, 15) is 14.0 Å². The van der Waals surface area contributed by atoms with E-state index in [1.54, 1.807) is 17.9 Å². The average molecular weight is 359 g/mol. The van der Waals surface area contributed by atoms with Crippen molar-refractivity contribution < 1.29 is 14.0 Å². The Bertz CT molecular complexity index is 843. The van der Waals surface area contributed by atoms with Crippen LogP contribution in [0.4, 0.5) is 4.39 Å². The zero-order valence-electron chi connectivity index (χ0n) is 15.8. The molecule has 0 unspecified atom stereocenters. The lowest BCUT2D eigenvalue weighted by Crippen LogP contribution is -2.58. The van der Waals surface area contributed by atoms with Gasteiger partial charge in [-0.3, -0.25) is 9.59 Å². The van der Waals surface area contributed by atoms with Crippen LogP contribution in [-0.2, 0) is 16.0 Å². The van der Waals surface area contributed by atoms with E-state index in [1.165, 1.54) is 6.07 Å². The van der Waals surface area contributed by atoms with Gasteiger partial charge in [0.2, 0.25) is 11.8 Å². The highest BCUT2D eigenvalue weighted by Gasteiger charge is 2.34. The highest BCUT2D eigenvalue weighted by Crippen LogP contribution is 2.26. The van der Waals surface area contributed by atoms with Crippen molar-refractivity contribution in [1.82, 2.24) is 14.8 Å². The molecule has 2 amide bonds. The van der Waals surface area contributed by atoms with Crippen molar-refractivity contribution in [3.05, 3.63) is 35.3 Å². The van der Waals surface area contributed by atoms with Gasteiger partial charge in [0.1, 0.15) is 11.9 Å². The first-order valence-electron chi connectivity index (χ1n) is 9.13. The molecular formula is C20H26FN3O2. The minimum Gasteiger partial charge on any atom is -0.356 e. The molecule has 26 heavy (non-hydrogen) atoms. The monoisotopic (exact) mass is 359 g/mol. The molecule has 1 fully saturated rings. The Balaban J connectivity index is 1.78. The maximum atomic E-state index is 14.0. The lowest BCUT2D eigenvalue weighted by atomic mass is 10.0. The first kappa shape index (κ1) is 18.4. The fourth-order valence-electron chi connectivity index (χ4n) is 3.74. The number of amides is 2. The summed E-state index contributed by atoms with van der Waals surface area (Å²) in [4.78, 5) is 32.0. The van der Waals surface area contributed by atoms with Gasteiger partial charge in [-0.05, 0) is 31.4 Å². The van der Waals surface area contributed by atoms with Crippen molar-refractivity contribution in [3.8, 4) is 0 Å². The predicted octanol–water partition coefficient (Wildman–Crippen LogP) is 2.87. The molecule has 2 heterocycles. The zero-order chi connectivity index (χ0) is 19.0. The number of hydrogen-bond acceptors (Lipinski definition) is 2. The number of aryl methyl sites for hydroxylation is 1. The molecule has 1 aliphatic heterocycles. The summed E-state index contributed by atoms with van der Waals surface area (Å²) >= 11 is 0. The number of para-hydroxylation sites is 1. The molecule has 1 aromatic heterocycles. The Hall–Kier alpha value is -2.37. The Morgan fingerprint density at radius 1 is 1.35 bits per heavy atom. The summed E-state index contributed by atoms with van der Waals surface area (Å²) in [5, 5.41) is 0.730. The van der Waals surface area contributed by atoms with Crippen molar-refractivity contribution in [2.75, 3.05) is 19.6 Å². The van der Waals surface area contributed by atoms with Crippen LogP contribution in [0.15, 0.2) is 18.2 Å². The molecule has 1 aromatic carbocycles. The van der Waals surface area contributed by atoms with E-state index in [1.807, 2.05) is 17.9 Å². The third kappa shape index (κ3) is 3.32. The van der Waals surface area contributed by atoms with Gasteiger partial charge < -0.3 is 14.8 Å². The summed E-state index contributed by atoms with van der Waals surface area (Å²) in [5.41, 5.74) is 2.02. The summed E-state index contributed by atoms with van der Waals surface area (Å²) in [6.07, 6.45) is 0.164. The summed E-state index contributed by atoms with van der Waals surface area (Å²) in [6.45, 7) is 9.60. The number of rotatable bonds is 4. The summed E-state index contributed by atoms with van der Waals surface area (Å²) in [5.74, 6) is -0.0180. The lowest BCUT2D eigenvalue weighted by Gasteiger charge is -2.40. The number of carbonyl (C=O) groups excluding carboxylic acids is 2. The van der Waals surface area contributed by atoms with Gasteiger partial charge in [-0.2, -0.15) is 0 Å². The van der Waals surface area contributed by atoms with Crippen molar-refractivity contribution >= 4 is 22.7 Å². The minimum atomic E-state index is -0.461. The highest BCUT2D eigenvalue weighted by atomic mass is 19.1. The van der Waals surface area contributed by atoms with Crippen molar-refractivity contribution in [2.24, 2.45) is 5.92 Å². The summed E-state index contributed by atoms with van der Waals surface area (Å²) in [6, 6.07) is 4.41. The van der Waals surface area contributed by atoms with Gasteiger partial charge in [-0.15, -0.1) is 0 Å². The van der Waals surface area contributed by atoms with Crippen LogP contribution in [0.5, 0.6) is 0 Å². The number of piperazine rings is 1. The molecule has 0 bridgehead atoms. The molecule has 2 aromatic rings. The van der Waals surface area contributed by atoms with Crippen LogP contribution in [0, 0.1) is 18.7 Å². The van der Waals surface area contributed by atoms with Gasteiger partial charge in [0.25, 0.3) is 0 Å². The molecule has 0 saturated carbocycles. The molecule has 1 saturated heterocycles. The van der Waals surface area contributed by atoms with Crippen LogP contribution in [0.3, 0.4) is 0 Å². The molecular weight excluding hydrogens is 333 g/mol. The Morgan fingerprint density at radius 3 is 2.77 bits per heavy atom. The molecule has 1 N–H and O–H groups in total. The van der Waals surface area contributed by atoms with Crippen LogP contribution in [0.25, 0.3) is 10.9 Å². The Labute approximate surface area is 153 Å². The minimum absolute atomic E-state index is 0.00000643. The van der Waals surface area contributed by atoms with E-state index in [0.29, 0.717) is 31.1 Å². The normalized spacial score (nSPS) is 18.2. The number of nitrogens with one attached hydrogen (secondary N) is 1. The number of aromatic amines is 1. The van der Waals surface area contributed by atoms with E-state index in [0.717, 1.165) is 16.6 Å². The van der Waals surface area contributed by atoms with Crippen LogP contribution in [0.1, 0.15) is 32.0 Å². The molecule has 5 nitrogen and oxygen atoms in total. The van der Waals surface area contributed by atoms with Gasteiger partial charge >= 0.3 is 0 Å². The summed E-state index contributed by atoms with van der Waals surface area (Å²) in [7, 11) is 0. The lowest BCUT2D eigenvalue weighted by molar-refractivity contribution is -0.150. The number of H-pyrrole nitrogens is 1. The highest BCUT2D eigenvalue weighted by molar-refractivity contribution is 5.93. The SMILES string of the molecule is Cc1[nH]c2c(F)cccc2c1CC(=O)N1CCN(CC(C)C)C(=O)[C@H]1C. The fraction of sp³-hybridized carbons (Fsp3) is 0.500. The molecule has 1 atom stereocenters. The number of fused-ring (bicyclic) bond motifs is 1. The number of benzene rings is 1. The average Bonchev–Trinajstić information content (AvgIpc) is 2.89. The predicted molar refractivity (Wildman–Crippen MR) is 99.3 cm³/mol. The molecule has 1 aliphatic rings. The van der Waals surface area contributed by atoms with E-state index in [2.05, 4.69) is 18.8 Å². The second kappa shape index (κ2) is 7.09. The number of halogens is 1. The maximum Gasteiger partial charge on any atom is 0.245 e. The van der Waals surface area contributed by atoms with Gasteiger partial charge in [0.05, 0.1) is 11.9 Å². The number of hydrogen-bond donors (Lipinski definition) is 1. The van der Waals surface area contributed by atoms with Crippen molar-refractivity contribution in [2.45, 2.75) is 40.2 Å². The molecule has 0 aliphatic carbocycles. The Morgan fingerprint density at radius 2 is 2.08 bits per heavy atom. The zero-order valence-corrected chi connectivity index (χ0v) is 15.8. The van der Waals surface area contributed by atoms with Crippen LogP contribution < -0.4 is 0 Å². The maximum absolute atomic E-state index is 14.0. The molecule has 3 rings (SSSR count). The smallest absolute Gasteiger partial charge is 0.245 e. The van der Waals surface area contributed by atoms with Gasteiger partial charge in [-0.1, -0.05) is 26.0 Å². The Kier molecular flexibility index (Phi) is 5.03. The molecule has 140 valence electrons.